The number of aromatic nitrogens is 3. The molecule has 1 N–H and O–H groups in total. The van der Waals surface area contributed by atoms with Crippen LogP contribution in [0.15, 0.2) is 36.9 Å². The molecule has 1 fully saturated rings. The molecule has 6 heteroatoms. The second-order valence-corrected chi connectivity index (χ2v) is 8.43. The Morgan fingerprint density at radius 3 is 2.50 bits per heavy atom. The number of rotatable bonds is 6. The third-order valence-corrected chi connectivity index (χ3v) is 4.70. The van der Waals surface area contributed by atoms with E-state index in [2.05, 4.69) is 59.7 Å². The van der Waals surface area contributed by atoms with Crippen LogP contribution in [0.25, 0.3) is 22.2 Å². The van der Waals surface area contributed by atoms with Crippen molar-refractivity contribution in [3.05, 3.63) is 48.0 Å². The zero-order valence-electron chi connectivity index (χ0n) is 20.6. The molecule has 0 saturated carbocycles. The Hall–Kier alpha value is -2.28. The molecule has 6 nitrogen and oxygen atoms in total. The smallest absolute Gasteiger partial charge is 0.137 e. The zero-order chi connectivity index (χ0) is 23.3. The number of pyridine rings is 2. The molecule has 0 bridgehead atoms. The van der Waals surface area contributed by atoms with Crippen molar-refractivity contribution in [3.8, 4) is 11.1 Å². The van der Waals surface area contributed by atoms with E-state index in [1.54, 1.807) is 0 Å². The summed E-state index contributed by atoms with van der Waals surface area (Å²) in [7, 11) is 0. The SMILES string of the molecule is CC.CC(C)C.Cc1cncc(-c2c[nH]c3ncc(COCCN4CCOCC4)cc23)c1. The van der Waals surface area contributed by atoms with Crippen LogP contribution in [0.5, 0.6) is 0 Å². The number of fused-ring (bicyclic) bond motifs is 1. The average Bonchev–Trinajstić information content (AvgIpc) is 3.22. The maximum Gasteiger partial charge on any atom is 0.137 e. The predicted molar refractivity (Wildman–Crippen MR) is 133 cm³/mol. The van der Waals surface area contributed by atoms with E-state index >= 15 is 0 Å². The lowest BCUT2D eigenvalue weighted by Gasteiger charge is -2.26. The van der Waals surface area contributed by atoms with Gasteiger partial charge in [0.2, 0.25) is 0 Å². The van der Waals surface area contributed by atoms with Crippen LogP contribution in [0, 0.1) is 12.8 Å². The van der Waals surface area contributed by atoms with Crippen molar-refractivity contribution in [2.24, 2.45) is 5.92 Å². The molecule has 3 aromatic rings. The fourth-order valence-electron chi connectivity index (χ4n) is 3.28. The topological polar surface area (TPSA) is 63.3 Å². The van der Waals surface area contributed by atoms with Crippen LogP contribution < -0.4 is 0 Å². The lowest BCUT2D eigenvalue weighted by molar-refractivity contribution is 0.0180. The van der Waals surface area contributed by atoms with Gasteiger partial charge >= 0.3 is 0 Å². The Morgan fingerprint density at radius 2 is 1.81 bits per heavy atom. The number of H-pyrrole nitrogens is 1. The lowest BCUT2D eigenvalue weighted by Crippen LogP contribution is -2.38. The van der Waals surface area contributed by atoms with Crippen LogP contribution >= 0.6 is 0 Å². The molecule has 1 aliphatic rings. The zero-order valence-corrected chi connectivity index (χ0v) is 20.6. The second kappa shape index (κ2) is 14.0. The van der Waals surface area contributed by atoms with Gasteiger partial charge in [0.1, 0.15) is 5.65 Å². The van der Waals surface area contributed by atoms with Crippen molar-refractivity contribution in [3.63, 3.8) is 0 Å². The van der Waals surface area contributed by atoms with Crippen LogP contribution in [0.4, 0.5) is 0 Å². The maximum absolute atomic E-state index is 5.87. The third kappa shape index (κ3) is 8.34. The van der Waals surface area contributed by atoms with E-state index in [9.17, 15) is 0 Å². The van der Waals surface area contributed by atoms with Crippen molar-refractivity contribution in [2.75, 3.05) is 39.5 Å². The fourth-order valence-corrected chi connectivity index (χ4v) is 3.28. The highest BCUT2D eigenvalue weighted by atomic mass is 16.5. The van der Waals surface area contributed by atoms with Crippen molar-refractivity contribution in [2.45, 2.75) is 48.1 Å². The van der Waals surface area contributed by atoms with Crippen LogP contribution in [0.3, 0.4) is 0 Å². The van der Waals surface area contributed by atoms with Gasteiger partial charge in [0, 0.05) is 60.9 Å². The van der Waals surface area contributed by atoms with E-state index in [-0.39, 0.29) is 0 Å². The van der Waals surface area contributed by atoms with Crippen LogP contribution in [0.1, 0.15) is 45.7 Å². The van der Waals surface area contributed by atoms with Gasteiger partial charge in [-0.1, -0.05) is 34.6 Å². The number of nitrogens with zero attached hydrogens (tertiary/aromatic N) is 3. The van der Waals surface area contributed by atoms with Gasteiger partial charge in [-0.05, 0) is 36.1 Å². The van der Waals surface area contributed by atoms with Gasteiger partial charge in [0.15, 0.2) is 0 Å². The summed E-state index contributed by atoms with van der Waals surface area (Å²) in [5.41, 5.74) is 5.34. The molecule has 0 amide bonds. The molecule has 176 valence electrons. The highest BCUT2D eigenvalue weighted by Crippen LogP contribution is 2.28. The molecule has 0 spiro atoms. The van der Waals surface area contributed by atoms with E-state index in [1.807, 2.05) is 38.6 Å². The molecule has 1 aliphatic heterocycles. The van der Waals surface area contributed by atoms with Crippen LogP contribution in [0.2, 0.25) is 0 Å². The minimum atomic E-state index is 0.573. The predicted octanol–water partition coefficient (Wildman–Crippen LogP) is 5.47. The summed E-state index contributed by atoms with van der Waals surface area (Å²) in [5.74, 6) is 0.833. The Morgan fingerprint density at radius 1 is 1.09 bits per heavy atom. The number of hydrogen-bond acceptors (Lipinski definition) is 5. The molecular weight excluding hydrogens is 400 g/mol. The van der Waals surface area contributed by atoms with E-state index in [4.69, 9.17) is 9.47 Å². The lowest BCUT2D eigenvalue weighted by atomic mass is 10.1. The molecule has 0 atom stereocenters. The van der Waals surface area contributed by atoms with Gasteiger partial charge in [0.05, 0.1) is 26.4 Å². The monoisotopic (exact) mass is 440 g/mol. The number of aryl methyl sites for hydroxylation is 1. The molecular formula is C26H40N4O2. The number of nitrogens with one attached hydrogen (secondary N) is 1. The summed E-state index contributed by atoms with van der Waals surface area (Å²) in [5, 5.41) is 1.10. The number of aromatic amines is 1. The van der Waals surface area contributed by atoms with Crippen molar-refractivity contribution in [1.82, 2.24) is 19.9 Å². The van der Waals surface area contributed by atoms with Crippen molar-refractivity contribution < 1.29 is 9.47 Å². The van der Waals surface area contributed by atoms with E-state index in [0.29, 0.717) is 6.61 Å². The van der Waals surface area contributed by atoms with E-state index < -0.39 is 0 Å². The third-order valence-electron chi connectivity index (χ3n) is 4.70. The molecule has 0 aliphatic carbocycles. The van der Waals surface area contributed by atoms with E-state index in [0.717, 1.165) is 78.7 Å². The minimum Gasteiger partial charge on any atom is -0.379 e. The summed E-state index contributed by atoms with van der Waals surface area (Å²) in [6.07, 6.45) is 7.63. The maximum atomic E-state index is 5.87. The highest BCUT2D eigenvalue weighted by Gasteiger charge is 2.11. The van der Waals surface area contributed by atoms with Crippen LogP contribution in [-0.2, 0) is 16.1 Å². The van der Waals surface area contributed by atoms with Gasteiger partial charge in [-0.25, -0.2) is 4.98 Å². The number of ether oxygens (including phenoxy) is 2. The molecule has 4 rings (SSSR count). The molecule has 0 radical (unpaired) electrons. The normalized spacial score (nSPS) is 14.0. The Labute approximate surface area is 193 Å². The highest BCUT2D eigenvalue weighted by molar-refractivity contribution is 5.93. The number of morpholine rings is 1. The first kappa shape index (κ1) is 26.0. The second-order valence-electron chi connectivity index (χ2n) is 8.43. The van der Waals surface area contributed by atoms with Crippen molar-refractivity contribution in [1.29, 1.82) is 0 Å². The quantitative estimate of drug-likeness (QED) is 0.515. The fraction of sp³-hybridized carbons (Fsp3) is 0.538. The van der Waals surface area contributed by atoms with Crippen molar-refractivity contribution >= 4 is 11.0 Å². The van der Waals surface area contributed by atoms with Gasteiger partial charge < -0.3 is 14.5 Å². The summed E-state index contributed by atoms with van der Waals surface area (Å²) < 4.78 is 11.2. The summed E-state index contributed by atoms with van der Waals surface area (Å²) in [4.78, 5) is 14.5. The van der Waals surface area contributed by atoms with Gasteiger partial charge in [0.25, 0.3) is 0 Å². The molecule has 1 saturated heterocycles. The first-order chi connectivity index (χ1) is 15.5. The molecule has 0 unspecified atom stereocenters. The average molecular weight is 441 g/mol. The van der Waals surface area contributed by atoms with Gasteiger partial charge in [-0.3, -0.25) is 9.88 Å². The standard InChI is InChI=1S/C20H24N4O2.C4H10.C2H6/c1-15-8-17(12-21-10-15)19-13-23-20-18(19)9-16(11-22-20)14-26-7-4-24-2-5-25-6-3-24;1-4(2)3;1-2/h8-13H,2-7,14H2,1H3,(H,22,23);4H,1-3H3;1-2H3. The van der Waals surface area contributed by atoms with Crippen LogP contribution in [-0.4, -0.2) is 59.3 Å². The Kier molecular flexibility index (Phi) is 11.4. The Balaban J connectivity index is 0.000000547. The molecule has 32 heavy (non-hydrogen) atoms. The number of hydrogen-bond donors (Lipinski definition) is 1. The molecule has 3 aromatic heterocycles. The first-order valence-corrected chi connectivity index (χ1v) is 11.8. The van der Waals surface area contributed by atoms with E-state index in [1.165, 1.54) is 0 Å². The summed E-state index contributed by atoms with van der Waals surface area (Å²) in [6, 6.07) is 4.30. The first-order valence-electron chi connectivity index (χ1n) is 11.8. The minimum absolute atomic E-state index is 0.573. The summed E-state index contributed by atoms with van der Waals surface area (Å²) in [6.45, 7) is 18.4. The van der Waals surface area contributed by atoms with Gasteiger partial charge in [-0.15, -0.1) is 0 Å². The summed E-state index contributed by atoms with van der Waals surface area (Å²) >= 11 is 0. The molecule has 4 heterocycles. The van der Waals surface area contributed by atoms with Gasteiger partial charge in [-0.2, -0.15) is 0 Å². The largest absolute Gasteiger partial charge is 0.379 e. The Bertz CT molecular complexity index is 914. The molecule has 0 aromatic carbocycles.